The molecule has 3 rings (SSSR count). The van der Waals surface area contributed by atoms with Crippen LogP contribution in [0.5, 0.6) is 0 Å². The van der Waals surface area contributed by atoms with Crippen molar-refractivity contribution in [3.8, 4) is 0 Å². The fourth-order valence-electron chi connectivity index (χ4n) is 2.95. The maximum Gasteiger partial charge on any atom is 0.321 e. The number of hydrogen-bond acceptors (Lipinski definition) is 3. The van der Waals surface area contributed by atoms with Crippen LogP contribution in [0, 0.1) is 0 Å². The van der Waals surface area contributed by atoms with Crippen LogP contribution in [0.1, 0.15) is 18.1 Å². The van der Waals surface area contributed by atoms with Gasteiger partial charge >= 0.3 is 6.03 Å². The summed E-state index contributed by atoms with van der Waals surface area (Å²) < 4.78 is 0. The monoisotopic (exact) mass is 297 g/mol. The van der Waals surface area contributed by atoms with E-state index in [2.05, 4.69) is 34.1 Å². The summed E-state index contributed by atoms with van der Waals surface area (Å²) in [5.74, 6) is -0.353. The molecule has 0 aromatic heterocycles. The fourth-order valence-corrected chi connectivity index (χ4v) is 2.95. The lowest BCUT2D eigenvalue weighted by molar-refractivity contribution is -0.118. The predicted molar refractivity (Wildman–Crippen MR) is 87.1 cm³/mol. The highest BCUT2D eigenvalue weighted by atomic mass is 16.2. The number of nitrogens with one attached hydrogen (secondary N) is 3. The van der Waals surface area contributed by atoms with E-state index in [-0.39, 0.29) is 12.5 Å². The number of carbonyl (C=O) groups is 2. The zero-order valence-corrected chi connectivity index (χ0v) is 12.5. The number of anilines is 1. The third-order valence-electron chi connectivity index (χ3n) is 3.91. The van der Waals surface area contributed by atoms with Crippen molar-refractivity contribution in [1.82, 2.24) is 10.6 Å². The van der Waals surface area contributed by atoms with Gasteiger partial charge in [-0.2, -0.15) is 0 Å². The second kappa shape index (κ2) is 6.05. The average Bonchev–Trinajstić information content (AvgIpc) is 2.92. The SMILES string of the molecule is CCNC(=O)NC(=O)CNc1ccc2c3c(cccc13)CC2. The minimum Gasteiger partial charge on any atom is -0.376 e. The number of imide groups is 1. The topological polar surface area (TPSA) is 70.2 Å². The lowest BCUT2D eigenvalue weighted by Gasteiger charge is -2.11. The lowest BCUT2D eigenvalue weighted by Crippen LogP contribution is -2.41. The summed E-state index contributed by atoms with van der Waals surface area (Å²) in [6.07, 6.45) is 2.15. The van der Waals surface area contributed by atoms with Gasteiger partial charge in [-0.05, 0) is 42.3 Å². The lowest BCUT2D eigenvalue weighted by atomic mass is 10.0. The van der Waals surface area contributed by atoms with Crippen LogP contribution in [0.4, 0.5) is 10.5 Å². The molecule has 0 radical (unpaired) electrons. The molecule has 3 N–H and O–H groups in total. The molecule has 5 nitrogen and oxygen atoms in total. The van der Waals surface area contributed by atoms with E-state index in [4.69, 9.17) is 0 Å². The fraction of sp³-hybridized carbons (Fsp3) is 0.294. The van der Waals surface area contributed by atoms with E-state index in [1.807, 2.05) is 12.1 Å². The van der Waals surface area contributed by atoms with E-state index in [0.29, 0.717) is 6.54 Å². The molecular weight excluding hydrogens is 278 g/mol. The molecule has 1 aliphatic rings. The highest BCUT2D eigenvalue weighted by molar-refractivity contribution is 6.01. The van der Waals surface area contributed by atoms with E-state index < -0.39 is 6.03 Å². The minimum atomic E-state index is -0.463. The summed E-state index contributed by atoms with van der Waals surface area (Å²) in [6.45, 7) is 2.35. The van der Waals surface area contributed by atoms with Gasteiger partial charge in [0.1, 0.15) is 0 Å². The first kappa shape index (κ1) is 14.4. The standard InChI is InChI=1S/C17H19N3O2/c1-2-18-17(22)20-15(21)10-19-14-9-8-12-7-6-11-4-3-5-13(14)16(11)12/h3-5,8-9,19H,2,6-7,10H2,1H3,(H2,18,20,21,22). The Morgan fingerprint density at radius 2 is 1.86 bits per heavy atom. The first-order chi connectivity index (χ1) is 10.7. The molecule has 0 bridgehead atoms. The van der Waals surface area contributed by atoms with Crippen molar-refractivity contribution in [3.63, 3.8) is 0 Å². The molecule has 0 heterocycles. The van der Waals surface area contributed by atoms with E-state index in [1.54, 1.807) is 6.92 Å². The Balaban J connectivity index is 1.73. The van der Waals surface area contributed by atoms with Crippen LogP contribution in [0.25, 0.3) is 10.8 Å². The summed E-state index contributed by atoms with van der Waals surface area (Å²) in [6, 6.07) is 9.93. The summed E-state index contributed by atoms with van der Waals surface area (Å²) in [5, 5.41) is 10.4. The highest BCUT2D eigenvalue weighted by Gasteiger charge is 2.16. The van der Waals surface area contributed by atoms with Gasteiger partial charge in [-0.3, -0.25) is 10.1 Å². The van der Waals surface area contributed by atoms with Crippen LogP contribution in [-0.4, -0.2) is 25.0 Å². The molecule has 114 valence electrons. The quantitative estimate of drug-likeness (QED) is 0.810. The van der Waals surface area contributed by atoms with Crippen LogP contribution in [0.2, 0.25) is 0 Å². The molecule has 0 fully saturated rings. The van der Waals surface area contributed by atoms with Gasteiger partial charge in [0.05, 0.1) is 6.54 Å². The van der Waals surface area contributed by atoms with Gasteiger partial charge in [-0.15, -0.1) is 0 Å². The number of urea groups is 1. The first-order valence-corrected chi connectivity index (χ1v) is 7.54. The first-order valence-electron chi connectivity index (χ1n) is 7.54. The van der Waals surface area contributed by atoms with Gasteiger partial charge in [0.2, 0.25) is 5.91 Å². The Hall–Kier alpha value is -2.56. The molecule has 0 atom stereocenters. The number of carbonyl (C=O) groups excluding carboxylic acids is 2. The summed E-state index contributed by atoms with van der Waals surface area (Å²) in [7, 11) is 0. The van der Waals surface area contributed by atoms with Crippen molar-refractivity contribution < 1.29 is 9.59 Å². The van der Waals surface area contributed by atoms with Crippen LogP contribution in [0.3, 0.4) is 0 Å². The van der Waals surface area contributed by atoms with Crippen molar-refractivity contribution >= 4 is 28.4 Å². The van der Waals surface area contributed by atoms with E-state index >= 15 is 0 Å². The van der Waals surface area contributed by atoms with Crippen molar-refractivity contribution in [2.75, 3.05) is 18.4 Å². The Kier molecular flexibility index (Phi) is 3.96. The van der Waals surface area contributed by atoms with Crippen molar-refractivity contribution in [3.05, 3.63) is 41.5 Å². The third-order valence-corrected chi connectivity index (χ3v) is 3.91. The smallest absolute Gasteiger partial charge is 0.321 e. The van der Waals surface area contributed by atoms with Crippen LogP contribution in [0.15, 0.2) is 30.3 Å². The second-order valence-electron chi connectivity index (χ2n) is 5.37. The molecule has 0 aliphatic heterocycles. The largest absolute Gasteiger partial charge is 0.376 e. The second-order valence-corrected chi connectivity index (χ2v) is 5.37. The Bertz CT molecular complexity index is 730. The van der Waals surface area contributed by atoms with Gasteiger partial charge in [0.25, 0.3) is 0 Å². The molecule has 22 heavy (non-hydrogen) atoms. The molecule has 0 spiro atoms. The minimum absolute atomic E-state index is 0.0653. The maximum absolute atomic E-state index is 11.7. The average molecular weight is 297 g/mol. The van der Waals surface area contributed by atoms with Gasteiger partial charge in [-0.25, -0.2) is 4.79 Å². The predicted octanol–water partition coefficient (Wildman–Crippen LogP) is 2.20. The molecule has 0 saturated heterocycles. The summed E-state index contributed by atoms with van der Waals surface area (Å²) >= 11 is 0. The van der Waals surface area contributed by atoms with Crippen LogP contribution >= 0.6 is 0 Å². The van der Waals surface area contributed by atoms with Crippen LogP contribution in [-0.2, 0) is 17.6 Å². The maximum atomic E-state index is 11.7. The summed E-state index contributed by atoms with van der Waals surface area (Å²) in [5.41, 5.74) is 3.65. The molecule has 1 aliphatic carbocycles. The molecule has 2 aromatic carbocycles. The number of hydrogen-bond donors (Lipinski definition) is 3. The van der Waals surface area contributed by atoms with Crippen LogP contribution < -0.4 is 16.0 Å². The highest BCUT2D eigenvalue weighted by Crippen LogP contribution is 2.34. The van der Waals surface area contributed by atoms with E-state index in [0.717, 1.165) is 23.9 Å². The van der Waals surface area contributed by atoms with Gasteiger partial charge in [-0.1, -0.05) is 24.3 Å². The van der Waals surface area contributed by atoms with E-state index in [9.17, 15) is 9.59 Å². The van der Waals surface area contributed by atoms with Gasteiger partial charge < -0.3 is 10.6 Å². The zero-order valence-electron chi connectivity index (χ0n) is 12.5. The van der Waals surface area contributed by atoms with E-state index in [1.165, 1.54) is 16.5 Å². The van der Waals surface area contributed by atoms with Crippen molar-refractivity contribution in [1.29, 1.82) is 0 Å². The molecular formula is C17H19N3O2. The molecule has 5 heteroatoms. The number of benzene rings is 2. The zero-order chi connectivity index (χ0) is 15.5. The van der Waals surface area contributed by atoms with Crippen molar-refractivity contribution in [2.24, 2.45) is 0 Å². The molecule has 2 aromatic rings. The Labute approximate surface area is 129 Å². The van der Waals surface area contributed by atoms with Gasteiger partial charge in [0.15, 0.2) is 0 Å². The number of aryl methyl sites for hydroxylation is 2. The third kappa shape index (κ3) is 2.74. The number of amides is 3. The normalized spacial score (nSPS) is 12.2. The molecule has 3 amide bonds. The summed E-state index contributed by atoms with van der Waals surface area (Å²) in [4.78, 5) is 23.1. The molecule has 0 unspecified atom stereocenters. The number of rotatable bonds is 4. The van der Waals surface area contributed by atoms with Crippen molar-refractivity contribution in [2.45, 2.75) is 19.8 Å². The Morgan fingerprint density at radius 1 is 1.09 bits per heavy atom. The Morgan fingerprint density at radius 3 is 2.64 bits per heavy atom. The molecule has 0 saturated carbocycles. The van der Waals surface area contributed by atoms with Gasteiger partial charge in [0, 0.05) is 17.6 Å².